The van der Waals surface area contributed by atoms with E-state index in [4.69, 9.17) is 4.98 Å². The Balaban J connectivity index is 1.65. The molecular weight excluding hydrogens is 345 g/mol. The van der Waals surface area contributed by atoms with E-state index in [1.54, 1.807) is 4.90 Å². The zero-order valence-corrected chi connectivity index (χ0v) is 15.7. The smallest absolute Gasteiger partial charge is 0.197 e. The monoisotopic (exact) mass is 367 g/mol. The lowest BCUT2D eigenvalue weighted by Crippen LogP contribution is -2.36. The Morgan fingerprint density at radius 3 is 2.81 bits per heavy atom. The van der Waals surface area contributed by atoms with Crippen molar-refractivity contribution in [2.45, 2.75) is 25.8 Å². The van der Waals surface area contributed by atoms with Crippen molar-refractivity contribution in [2.75, 3.05) is 37.0 Å². The second-order valence-corrected chi connectivity index (χ2v) is 6.92. The number of pyridine rings is 1. The Morgan fingerprint density at radius 2 is 2.07 bits per heavy atom. The largest absolute Gasteiger partial charge is 0.363 e. The summed E-state index contributed by atoms with van der Waals surface area (Å²) in [6.07, 6.45) is 5.29. The molecule has 4 heterocycles. The molecule has 2 aliphatic heterocycles. The molecule has 8 heteroatoms. The molecule has 0 aliphatic carbocycles. The zero-order valence-electron chi connectivity index (χ0n) is 15.7. The second kappa shape index (κ2) is 7.02. The number of aliphatic imine (C=N–C) groups is 2. The molecular formula is C19H22FN7. The number of fused-ring (bicyclic) bond motifs is 1. The van der Waals surface area contributed by atoms with Crippen LogP contribution >= 0.6 is 0 Å². The summed E-state index contributed by atoms with van der Waals surface area (Å²) >= 11 is 0. The third-order valence-corrected chi connectivity index (χ3v) is 4.86. The highest BCUT2D eigenvalue weighted by molar-refractivity contribution is 6.01. The van der Waals surface area contributed by atoms with Crippen LogP contribution in [-0.4, -0.2) is 54.2 Å². The summed E-state index contributed by atoms with van der Waals surface area (Å²) in [5.74, 6) is 2.11. The standard InChI is InChI=1S/C19H22FN7/c1-12-14-11-23-19(18-21-6-4-7-22-18)24-15(14)5-8-27(12)17-10-13(20)9-16(25-17)26(2)3/h6,9-12H,4-5,7-8H2,1-3H3. The molecule has 2 aromatic heterocycles. The van der Waals surface area contributed by atoms with Crippen molar-refractivity contribution < 1.29 is 4.39 Å². The van der Waals surface area contributed by atoms with Crippen molar-refractivity contribution >= 4 is 23.7 Å². The minimum atomic E-state index is -0.290. The Kier molecular flexibility index (Phi) is 4.55. The van der Waals surface area contributed by atoms with Gasteiger partial charge < -0.3 is 9.80 Å². The topological polar surface area (TPSA) is 69.9 Å². The molecule has 27 heavy (non-hydrogen) atoms. The first kappa shape index (κ1) is 17.5. The number of nitrogens with zero attached hydrogens (tertiary/aromatic N) is 7. The van der Waals surface area contributed by atoms with Crippen molar-refractivity contribution in [3.05, 3.63) is 41.2 Å². The number of rotatable bonds is 3. The number of aromatic nitrogens is 3. The summed E-state index contributed by atoms with van der Waals surface area (Å²) in [5, 5.41) is 0. The lowest BCUT2D eigenvalue weighted by molar-refractivity contribution is 0.589. The van der Waals surface area contributed by atoms with Gasteiger partial charge in [0.1, 0.15) is 17.5 Å². The summed E-state index contributed by atoms with van der Waals surface area (Å²) in [5.41, 5.74) is 2.03. The molecule has 2 aliphatic rings. The van der Waals surface area contributed by atoms with Gasteiger partial charge in [0.2, 0.25) is 0 Å². The molecule has 1 unspecified atom stereocenters. The quantitative estimate of drug-likeness (QED) is 0.833. The highest BCUT2D eigenvalue weighted by Gasteiger charge is 2.28. The summed E-state index contributed by atoms with van der Waals surface area (Å²) in [7, 11) is 3.71. The number of anilines is 2. The van der Waals surface area contributed by atoms with Gasteiger partial charge >= 0.3 is 0 Å². The average molecular weight is 367 g/mol. The maximum absolute atomic E-state index is 14.1. The molecule has 0 saturated heterocycles. The fraction of sp³-hybridized carbons (Fsp3) is 0.421. The van der Waals surface area contributed by atoms with Crippen LogP contribution in [0.15, 0.2) is 28.3 Å². The van der Waals surface area contributed by atoms with Crippen LogP contribution in [0, 0.1) is 5.82 Å². The first-order valence-electron chi connectivity index (χ1n) is 9.07. The predicted octanol–water partition coefficient (Wildman–Crippen LogP) is 2.42. The minimum Gasteiger partial charge on any atom is -0.363 e. The fourth-order valence-corrected chi connectivity index (χ4v) is 3.38. The highest BCUT2D eigenvalue weighted by atomic mass is 19.1. The predicted molar refractivity (Wildman–Crippen MR) is 105 cm³/mol. The SMILES string of the molecule is CC1c2cnc(C3=NCCC=N3)nc2CCN1c1cc(F)cc(N(C)C)n1. The first-order chi connectivity index (χ1) is 13.0. The van der Waals surface area contributed by atoms with E-state index >= 15 is 0 Å². The third kappa shape index (κ3) is 3.39. The molecule has 4 rings (SSSR count). The molecule has 0 fully saturated rings. The van der Waals surface area contributed by atoms with E-state index in [1.807, 2.05) is 26.5 Å². The van der Waals surface area contributed by atoms with Crippen LogP contribution < -0.4 is 9.80 Å². The molecule has 1 atom stereocenters. The number of hydrogen-bond acceptors (Lipinski definition) is 7. The van der Waals surface area contributed by atoms with Crippen molar-refractivity contribution in [3.63, 3.8) is 0 Å². The number of halogens is 1. The number of hydrogen-bond donors (Lipinski definition) is 0. The Labute approximate surface area is 157 Å². The molecule has 0 aromatic carbocycles. The minimum absolute atomic E-state index is 0.00362. The van der Waals surface area contributed by atoms with Crippen LogP contribution in [-0.2, 0) is 6.42 Å². The highest BCUT2D eigenvalue weighted by Crippen LogP contribution is 2.32. The van der Waals surface area contributed by atoms with Crippen molar-refractivity contribution in [1.29, 1.82) is 0 Å². The molecule has 7 nitrogen and oxygen atoms in total. The summed E-state index contributed by atoms with van der Waals surface area (Å²) in [6.45, 7) is 3.51. The summed E-state index contributed by atoms with van der Waals surface area (Å²) < 4.78 is 14.1. The van der Waals surface area contributed by atoms with Gasteiger partial charge in [-0.15, -0.1) is 0 Å². The van der Waals surface area contributed by atoms with Gasteiger partial charge in [0, 0.05) is 70.1 Å². The normalized spacial score (nSPS) is 18.9. The van der Waals surface area contributed by atoms with Gasteiger partial charge in [-0.25, -0.2) is 24.3 Å². The zero-order chi connectivity index (χ0) is 19.0. The van der Waals surface area contributed by atoms with Gasteiger partial charge in [0.25, 0.3) is 0 Å². The van der Waals surface area contributed by atoms with E-state index in [-0.39, 0.29) is 11.9 Å². The third-order valence-electron chi connectivity index (χ3n) is 4.86. The summed E-state index contributed by atoms with van der Waals surface area (Å²) in [6, 6.07) is 2.92. The molecule has 2 aromatic rings. The van der Waals surface area contributed by atoms with Crippen LogP contribution in [0.2, 0.25) is 0 Å². The van der Waals surface area contributed by atoms with E-state index in [2.05, 4.69) is 31.8 Å². The van der Waals surface area contributed by atoms with Gasteiger partial charge in [-0.2, -0.15) is 0 Å². The molecule has 0 radical (unpaired) electrons. The summed E-state index contributed by atoms with van der Waals surface area (Å²) in [4.78, 5) is 26.4. The van der Waals surface area contributed by atoms with Gasteiger partial charge in [-0.1, -0.05) is 0 Å². The molecule has 0 saturated carbocycles. The second-order valence-electron chi connectivity index (χ2n) is 6.92. The molecule has 0 bridgehead atoms. The molecule has 0 N–H and O–H groups in total. The lowest BCUT2D eigenvalue weighted by Gasteiger charge is -2.35. The van der Waals surface area contributed by atoms with Crippen LogP contribution in [0.5, 0.6) is 0 Å². The molecule has 0 amide bonds. The van der Waals surface area contributed by atoms with Gasteiger partial charge in [-0.05, 0) is 6.92 Å². The maximum atomic E-state index is 14.1. The average Bonchev–Trinajstić information content (AvgIpc) is 2.68. The van der Waals surface area contributed by atoms with E-state index in [0.717, 1.165) is 30.6 Å². The lowest BCUT2D eigenvalue weighted by atomic mass is 9.99. The Hall–Kier alpha value is -2.90. The van der Waals surface area contributed by atoms with E-state index in [1.165, 1.54) is 12.1 Å². The fourth-order valence-electron chi connectivity index (χ4n) is 3.38. The Bertz CT molecular complexity index is 922. The molecule has 0 spiro atoms. The van der Waals surface area contributed by atoms with Crippen LogP contribution in [0.4, 0.5) is 16.0 Å². The van der Waals surface area contributed by atoms with Crippen LogP contribution in [0.3, 0.4) is 0 Å². The Morgan fingerprint density at radius 1 is 1.22 bits per heavy atom. The van der Waals surface area contributed by atoms with E-state index < -0.39 is 0 Å². The van der Waals surface area contributed by atoms with E-state index in [9.17, 15) is 4.39 Å². The molecule has 140 valence electrons. The first-order valence-corrected chi connectivity index (χ1v) is 9.07. The van der Waals surface area contributed by atoms with Gasteiger partial charge in [0.15, 0.2) is 11.7 Å². The van der Waals surface area contributed by atoms with E-state index in [0.29, 0.717) is 29.8 Å². The number of amidine groups is 1. The van der Waals surface area contributed by atoms with Crippen molar-refractivity contribution in [2.24, 2.45) is 9.98 Å². The maximum Gasteiger partial charge on any atom is 0.197 e. The van der Waals surface area contributed by atoms with Gasteiger partial charge in [-0.3, -0.25) is 4.99 Å². The van der Waals surface area contributed by atoms with Crippen LogP contribution in [0.1, 0.15) is 36.5 Å². The van der Waals surface area contributed by atoms with Crippen molar-refractivity contribution in [3.8, 4) is 0 Å². The van der Waals surface area contributed by atoms with Crippen molar-refractivity contribution in [1.82, 2.24) is 15.0 Å². The van der Waals surface area contributed by atoms with Gasteiger partial charge in [0.05, 0.1) is 11.7 Å². The van der Waals surface area contributed by atoms with Crippen LogP contribution in [0.25, 0.3) is 0 Å².